The van der Waals surface area contributed by atoms with Gasteiger partial charge in [0.2, 0.25) is 5.91 Å². The van der Waals surface area contributed by atoms with E-state index in [1.807, 2.05) is 13.0 Å². The molecule has 1 aromatic heterocycles. The van der Waals surface area contributed by atoms with E-state index in [1.165, 1.54) is 6.07 Å². The summed E-state index contributed by atoms with van der Waals surface area (Å²) >= 11 is 3.16. The molecule has 1 amide bonds. The fourth-order valence-corrected chi connectivity index (χ4v) is 2.43. The van der Waals surface area contributed by atoms with Crippen molar-refractivity contribution in [2.45, 2.75) is 26.3 Å². The molecule has 1 aromatic carbocycles. The normalized spacial score (nSPS) is 16.6. The van der Waals surface area contributed by atoms with Crippen molar-refractivity contribution in [2.75, 3.05) is 0 Å². The number of amides is 1. The molecule has 0 bridgehead atoms. The minimum Gasteiger partial charge on any atom is -0.357 e. The number of hydrogen-bond acceptors (Lipinski definition) is 1. The SMILES string of the molecule is CC1(C(=O)NCc2cc3cc(F)c(Br)cc3[nH]2)CC1. The Morgan fingerprint density at radius 1 is 1.47 bits per heavy atom. The second kappa shape index (κ2) is 4.34. The molecule has 5 heteroatoms. The van der Waals surface area contributed by atoms with Crippen molar-refractivity contribution in [1.82, 2.24) is 10.3 Å². The van der Waals surface area contributed by atoms with Crippen LogP contribution in [0.4, 0.5) is 4.39 Å². The van der Waals surface area contributed by atoms with E-state index in [2.05, 4.69) is 26.2 Å². The first-order valence-electron chi connectivity index (χ1n) is 6.23. The van der Waals surface area contributed by atoms with Crippen molar-refractivity contribution in [3.8, 4) is 0 Å². The molecule has 0 unspecified atom stereocenters. The van der Waals surface area contributed by atoms with Crippen molar-refractivity contribution in [2.24, 2.45) is 5.41 Å². The molecule has 1 heterocycles. The van der Waals surface area contributed by atoms with Gasteiger partial charge in [-0.25, -0.2) is 4.39 Å². The molecule has 100 valence electrons. The van der Waals surface area contributed by atoms with E-state index in [1.54, 1.807) is 6.07 Å². The van der Waals surface area contributed by atoms with E-state index < -0.39 is 0 Å². The lowest BCUT2D eigenvalue weighted by Gasteiger charge is -2.08. The second-order valence-electron chi connectivity index (χ2n) is 5.39. The molecule has 19 heavy (non-hydrogen) atoms. The summed E-state index contributed by atoms with van der Waals surface area (Å²) < 4.78 is 13.8. The van der Waals surface area contributed by atoms with E-state index in [4.69, 9.17) is 0 Å². The average molecular weight is 325 g/mol. The minimum absolute atomic E-state index is 0.0958. The zero-order chi connectivity index (χ0) is 13.6. The van der Waals surface area contributed by atoms with Gasteiger partial charge in [0, 0.05) is 22.0 Å². The monoisotopic (exact) mass is 324 g/mol. The van der Waals surface area contributed by atoms with Gasteiger partial charge in [-0.15, -0.1) is 0 Å². The molecule has 1 saturated carbocycles. The molecule has 0 saturated heterocycles. The van der Waals surface area contributed by atoms with E-state index in [9.17, 15) is 9.18 Å². The predicted octanol–water partition coefficient (Wildman–Crippen LogP) is 3.49. The Morgan fingerprint density at radius 3 is 2.89 bits per heavy atom. The highest BCUT2D eigenvalue weighted by Gasteiger charge is 2.44. The third kappa shape index (κ3) is 2.39. The average Bonchev–Trinajstić information content (AvgIpc) is 2.99. The highest BCUT2D eigenvalue weighted by molar-refractivity contribution is 9.10. The fraction of sp³-hybridized carbons (Fsp3) is 0.357. The Labute approximate surface area is 118 Å². The van der Waals surface area contributed by atoms with Crippen molar-refractivity contribution in [1.29, 1.82) is 0 Å². The highest BCUT2D eigenvalue weighted by atomic mass is 79.9. The van der Waals surface area contributed by atoms with Gasteiger partial charge in [0.1, 0.15) is 5.82 Å². The molecule has 0 aliphatic heterocycles. The molecule has 3 rings (SSSR count). The van der Waals surface area contributed by atoms with Crippen LogP contribution < -0.4 is 5.32 Å². The number of hydrogen-bond donors (Lipinski definition) is 2. The number of halogens is 2. The summed E-state index contributed by atoms with van der Waals surface area (Å²) in [6.07, 6.45) is 1.92. The number of H-pyrrole nitrogens is 1. The number of aromatic amines is 1. The Kier molecular flexibility index (Phi) is 2.89. The minimum atomic E-state index is -0.285. The quantitative estimate of drug-likeness (QED) is 0.891. The number of benzene rings is 1. The van der Waals surface area contributed by atoms with E-state index >= 15 is 0 Å². The van der Waals surface area contributed by atoms with Gasteiger partial charge >= 0.3 is 0 Å². The van der Waals surface area contributed by atoms with E-state index in [0.717, 1.165) is 29.4 Å². The highest BCUT2D eigenvalue weighted by Crippen LogP contribution is 2.45. The van der Waals surface area contributed by atoms with Crippen LogP contribution >= 0.6 is 15.9 Å². The third-order valence-corrected chi connectivity index (χ3v) is 4.31. The van der Waals surface area contributed by atoms with Crippen LogP contribution in [0.3, 0.4) is 0 Å². The summed E-state index contributed by atoms with van der Waals surface area (Å²) in [7, 11) is 0. The van der Waals surface area contributed by atoms with Gasteiger partial charge < -0.3 is 10.3 Å². The summed E-state index contributed by atoms with van der Waals surface area (Å²) in [6.45, 7) is 2.42. The van der Waals surface area contributed by atoms with Gasteiger partial charge in [0.15, 0.2) is 0 Å². The second-order valence-corrected chi connectivity index (χ2v) is 6.25. The molecular formula is C14H14BrFN2O. The molecular weight excluding hydrogens is 311 g/mol. The first-order valence-corrected chi connectivity index (χ1v) is 7.02. The van der Waals surface area contributed by atoms with Crippen LogP contribution in [0, 0.1) is 11.2 Å². The predicted molar refractivity (Wildman–Crippen MR) is 75.1 cm³/mol. The van der Waals surface area contributed by atoms with Crippen LogP contribution in [0.5, 0.6) is 0 Å². The van der Waals surface area contributed by atoms with Crippen molar-refractivity contribution < 1.29 is 9.18 Å². The lowest BCUT2D eigenvalue weighted by atomic mass is 10.1. The van der Waals surface area contributed by atoms with Crippen LogP contribution in [0.15, 0.2) is 22.7 Å². The summed E-state index contributed by atoms with van der Waals surface area (Å²) in [5.41, 5.74) is 1.57. The first-order chi connectivity index (χ1) is 8.98. The number of carbonyl (C=O) groups is 1. The van der Waals surface area contributed by atoms with Gasteiger partial charge in [-0.05, 0) is 47.0 Å². The lowest BCUT2D eigenvalue weighted by Crippen LogP contribution is -2.29. The van der Waals surface area contributed by atoms with Crippen LogP contribution in [-0.4, -0.2) is 10.9 Å². The molecule has 1 fully saturated rings. The number of aromatic nitrogens is 1. The molecule has 1 aliphatic rings. The van der Waals surface area contributed by atoms with Gasteiger partial charge in [0.05, 0.1) is 11.0 Å². The number of nitrogens with one attached hydrogen (secondary N) is 2. The maximum Gasteiger partial charge on any atom is 0.226 e. The fourth-order valence-electron chi connectivity index (χ4n) is 2.09. The third-order valence-electron chi connectivity index (χ3n) is 3.70. The van der Waals surface area contributed by atoms with Crippen LogP contribution in [-0.2, 0) is 11.3 Å². The Hall–Kier alpha value is -1.36. The number of rotatable bonds is 3. The first kappa shape index (κ1) is 12.7. The number of carbonyl (C=O) groups excluding carboxylic acids is 1. The molecule has 3 nitrogen and oxygen atoms in total. The summed E-state index contributed by atoms with van der Waals surface area (Å²) in [5, 5.41) is 3.72. The largest absolute Gasteiger partial charge is 0.357 e. The van der Waals surface area contributed by atoms with Crippen molar-refractivity contribution in [3.05, 3.63) is 34.2 Å². The van der Waals surface area contributed by atoms with Gasteiger partial charge in [-0.1, -0.05) is 6.92 Å². The van der Waals surface area contributed by atoms with Gasteiger partial charge in [-0.2, -0.15) is 0 Å². The zero-order valence-electron chi connectivity index (χ0n) is 10.5. The molecule has 0 atom stereocenters. The molecule has 1 aliphatic carbocycles. The maximum absolute atomic E-state index is 13.4. The zero-order valence-corrected chi connectivity index (χ0v) is 12.1. The van der Waals surface area contributed by atoms with Crippen LogP contribution in [0.2, 0.25) is 0 Å². The maximum atomic E-state index is 13.4. The summed E-state index contributed by atoms with van der Waals surface area (Å²) in [4.78, 5) is 15.0. The summed E-state index contributed by atoms with van der Waals surface area (Å²) in [5.74, 6) is -0.189. The van der Waals surface area contributed by atoms with E-state index in [-0.39, 0.29) is 17.1 Å². The Bertz CT molecular complexity index is 622. The van der Waals surface area contributed by atoms with Crippen molar-refractivity contribution >= 4 is 32.7 Å². The van der Waals surface area contributed by atoms with Crippen LogP contribution in [0.1, 0.15) is 25.5 Å². The summed E-state index contributed by atoms with van der Waals surface area (Å²) in [6, 6.07) is 5.04. The number of fused-ring (bicyclic) bond motifs is 1. The van der Waals surface area contributed by atoms with Crippen molar-refractivity contribution in [3.63, 3.8) is 0 Å². The Morgan fingerprint density at radius 2 is 2.21 bits per heavy atom. The molecule has 2 N–H and O–H groups in total. The molecule has 0 radical (unpaired) electrons. The lowest BCUT2D eigenvalue weighted by molar-refractivity contribution is -0.125. The Balaban J connectivity index is 1.76. The van der Waals surface area contributed by atoms with Gasteiger partial charge in [-0.3, -0.25) is 4.79 Å². The smallest absolute Gasteiger partial charge is 0.226 e. The molecule has 2 aromatic rings. The van der Waals surface area contributed by atoms with Crippen LogP contribution in [0.25, 0.3) is 10.9 Å². The van der Waals surface area contributed by atoms with E-state index in [0.29, 0.717) is 11.0 Å². The topological polar surface area (TPSA) is 44.9 Å². The molecule has 0 spiro atoms. The van der Waals surface area contributed by atoms with Gasteiger partial charge in [0.25, 0.3) is 0 Å². The standard InChI is InChI=1S/C14H14BrFN2O/c1-14(2-3-14)13(19)17-7-9-4-8-5-11(16)10(15)6-12(8)18-9/h4-6,18H,2-3,7H2,1H3,(H,17,19).